The first-order valence-electron chi connectivity index (χ1n) is 6.72. The first-order chi connectivity index (χ1) is 12.7. The van der Waals surface area contributed by atoms with Gasteiger partial charge in [0.2, 0.25) is 17.7 Å². The Balaban J connectivity index is 0.000000309. The van der Waals surface area contributed by atoms with Gasteiger partial charge in [0, 0.05) is 12.4 Å². The molecule has 0 aliphatic carbocycles. The van der Waals surface area contributed by atoms with E-state index in [2.05, 4.69) is 19.3 Å². The molecule has 146 valence electrons. The largest absolute Gasteiger partial charge is 0.481 e. The van der Waals surface area contributed by atoms with Crippen molar-refractivity contribution < 1.29 is 35.9 Å². The van der Waals surface area contributed by atoms with Crippen molar-refractivity contribution in [1.82, 2.24) is 15.0 Å². The molecule has 2 heterocycles. The van der Waals surface area contributed by atoms with E-state index in [-0.39, 0.29) is 17.7 Å². The van der Waals surface area contributed by atoms with Crippen LogP contribution in [0.1, 0.15) is 5.56 Å². The highest BCUT2D eigenvalue weighted by atomic mass is 32.2. The van der Waals surface area contributed by atoms with Gasteiger partial charge in [-0.3, -0.25) is 10.3 Å². The first kappa shape index (κ1) is 21.8. The average molecular weight is 407 g/mol. The number of pyridine rings is 1. The van der Waals surface area contributed by atoms with E-state index in [9.17, 15) is 26.4 Å². The molecule has 2 aromatic heterocycles. The minimum Gasteiger partial charge on any atom is -0.481 e. The maximum atomic E-state index is 11.7. The van der Waals surface area contributed by atoms with Crippen LogP contribution in [0.4, 0.5) is 23.9 Å². The molecule has 0 radical (unpaired) electrons. The smallest absolute Gasteiger partial charge is 0.417 e. The summed E-state index contributed by atoms with van der Waals surface area (Å²) in [5.74, 6) is 0.117. The number of carbonyl (C=O) groups excluding carboxylic acids is 1. The number of halogens is 3. The van der Waals surface area contributed by atoms with Gasteiger partial charge < -0.3 is 9.47 Å². The third-order valence-corrected chi connectivity index (χ3v) is 2.78. The molecule has 0 saturated carbocycles. The van der Waals surface area contributed by atoms with Crippen molar-refractivity contribution in [2.24, 2.45) is 4.36 Å². The van der Waals surface area contributed by atoms with Crippen LogP contribution in [0.5, 0.6) is 11.8 Å². The van der Waals surface area contributed by atoms with E-state index in [4.69, 9.17) is 9.47 Å². The Morgan fingerprint density at radius 3 is 2.15 bits per heavy atom. The second kappa shape index (κ2) is 10.0. The van der Waals surface area contributed by atoms with E-state index in [1.54, 1.807) is 0 Å². The summed E-state index contributed by atoms with van der Waals surface area (Å²) in [6.07, 6.45) is -2.18. The van der Waals surface area contributed by atoms with Gasteiger partial charge in [0.05, 0.1) is 25.8 Å². The summed E-state index contributed by atoms with van der Waals surface area (Å²) >= 11 is 0. The van der Waals surface area contributed by atoms with Gasteiger partial charge in [-0.1, -0.05) is 4.36 Å². The molecule has 0 aromatic carbocycles. The van der Waals surface area contributed by atoms with Crippen LogP contribution in [0, 0.1) is 0 Å². The van der Waals surface area contributed by atoms with Crippen molar-refractivity contribution >= 4 is 22.5 Å². The van der Waals surface area contributed by atoms with Gasteiger partial charge >= 0.3 is 22.7 Å². The van der Waals surface area contributed by atoms with Gasteiger partial charge in [0.1, 0.15) is 0 Å². The molecule has 27 heavy (non-hydrogen) atoms. The van der Waals surface area contributed by atoms with Crippen molar-refractivity contribution in [1.29, 1.82) is 0 Å². The van der Waals surface area contributed by atoms with Crippen molar-refractivity contribution in [3.05, 3.63) is 36.2 Å². The zero-order valence-corrected chi connectivity index (χ0v) is 14.6. The average Bonchev–Trinajstić information content (AvgIpc) is 2.61. The molecular formula is C13H12F3N5O5S. The van der Waals surface area contributed by atoms with E-state index in [1.807, 2.05) is 5.32 Å². The second-order valence-electron chi connectivity index (χ2n) is 4.25. The number of amides is 2. The summed E-state index contributed by atoms with van der Waals surface area (Å²) in [5, 5.41) is 2.04. The molecule has 14 heteroatoms. The number of ether oxygens (including phenoxy) is 2. The van der Waals surface area contributed by atoms with Crippen LogP contribution in [-0.4, -0.2) is 43.6 Å². The monoisotopic (exact) mass is 407 g/mol. The number of rotatable bonds is 3. The van der Waals surface area contributed by atoms with E-state index < -0.39 is 28.3 Å². The highest BCUT2D eigenvalue weighted by Gasteiger charge is 2.30. The highest BCUT2D eigenvalue weighted by molar-refractivity contribution is 7.62. The Hall–Kier alpha value is -3.29. The summed E-state index contributed by atoms with van der Waals surface area (Å²) in [7, 11) is -0.108. The lowest BCUT2D eigenvalue weighted by Gasteiger charge is -2.05. The fourth-order valence-electron chi connectivity index (χ4n) is 1.39. The van der Waals surface area contributed by atoms with Gasteiger partial charge in [-0.2, -0.15) is 31.6 Å². The van der Waals surface area contributed by atoms with Crippen molar-refractivity contribution in [2.75, 3.05) is 19.5 Å². The van der Waals surface area contributed by atoms with Crippen LogP contribution in [0.15, 0.2) is 35.0 Å². The Morgan fingerprint density at radius 1 is 1.19 bits per heavy atom. The molecule has 10 nitrogen and oxygen atoms in total. The van der Waals surface area contributed by atoms with Crippen LogP contribution in [-0.2, 0) is 16.7 Å². The third kappa shape index (κ3) is 8.08. The number of urea groups is 1. The molecule has 0 aliphatic rings. The van der Waals surface area contributed by atoms with Gasteiger partial charge in [0.15, 0.2) is 0 Å². The van der Waals surface area contributed by atoms with Crippen LogP contribution in [0.3, 0.4) is 0 Å². The summed E-state index contributed by atoms with van der Waals surface area (Å²) in [6, 6.07) is 2.50. The second-order valence-corrected chi connectivity index (χ2v) is 4.87. The Bertz CT molecular complexity index is 876. The maximum absolute atomic E-state index is 11.7. The van der Waals surface area contributed by atoms with Crippen LogP contribution >= 0.6 is 0 Å². The molecular weight excluding hydrogens is 395 g/mol. The zero-order chi connectivity index (χ0) is 20.4. The van der Waals surface area contributed by atoms with E-state index in [1.165, 1.54) is 32.5 Å². The molecule has 0 saturated heterocycles. The van der Waals surface area contributed by atoms with Crippen LogP contribution < -0.4 is 14.8 Å². The Morgan fingerprint density at radius 2 is 1.78 bits per heavy atom. The number of methoxy groups -OCH3 is 2. The van der Waals surface area contributed by atoms with E-state index >= 15 is 0 Å². The SMILES string of the molecule is COc1cc(OC)nc(NC(=O)N=S(=O)=O)n1.FC(F)(F)c1cccnc1. The minimum absolute atomic E-state index is 0.149. The lowest BCUT2D eigenvalue weighted by Crippen LogP contribution is -2.10. The third-order valence-electron chi connectivity index (χ3n) is 2.46. The van der Waals surface area contributed by atoms with Gasteiger partial charge in [-0.15, -0.1) is 0 Å². The molecule has 2 aromatic rings. The zero-order valence-electron chi connectivity index (χ0n) is 13.8. The topological polar surface area (TPSA) is 133 Å². The number of nitrogens with one attached hydrogen (secondary N) is 1. The molecule has 2 rings (SSSR count). The van der Waals surface area contributed by atoms with Crippen LogP contribution in [0.25, 0.3) is 0 Å². The van der Waals surface area contributed by atoms with E-state index in [0.29, 0.717) is 0 Å². The lowest BCUT2D eigenvalue weighted by molar-refractivity contribution is -0.137. The summed E-state index contributed by atoms with van der Waals surface area (Å²) in [6.45, 7) is 0. The number of alkyl halides is 3. The van der Waals surface area contributed by atoms with Crippen molar-refractivity contribution in [3.63, 3.8) is 0 Å². The molecule has 2 amide bonds. The predicted octanol–water partition coefficient (Wildman–Crippen LogP) is 2.19. The number of hydrogen-bond donors (Lipinski definition) is 1. The van der Waals surface area contributed by atoms with Crippen molar-refractivity contribution in [3.8, 4) is 11.8 Å². The van der Waals surface area contributed by atoms with Gasteiger partial charge in [0.25, 0.3) is 0 Å². The molecule has 0 fully saturated rings. The summed E-state index contributed by atoms with van der Waals surface area (Å²) in [4.78, 5) is 21.8. The molecule has 0 unspecified atom stereocenters. The molecule has 0 bridgehead atoms. The number of anilines is 1. The normalized spacial score (nSPS) is 10.1. The molecule has 1 N–H and O–H groups in total. The standard InChI is InChI=1S/C7H8N4O5S.C6H4F3N/c1-15-4-3-5(16-2)9-6(8-4)10-7(12)11-17(13)14;7-6(8,9)5-2-1-3-10-4-5/h3H,1-2H3,(H,8,9,10,12);1-4H. The maximum Gasteiger partial charge on any atom is 0.417 e. The Labute approximate surface area is 152 Å². The number of carbonyl (C=O) groups is 1. The summed E-state index contributed by atoms with van der Waals surface area (Å²) in [5.41, 5.74) is -0.713. The minimum atomic E-state index is -4.27. The van der Waals surface area contributed by atoms with Gasteiger partial charge in [-0.05, 0) is 12.1 Å². The molecule has 0 aliphatic heterocycles. The fraction of sp³-hybridized carbons (Fsp3) is 0.231. The van der Waals surface area contributed by atoms with Crippen molar-refractivity contribution in [2.45, 2.75) is 6.18 Å². The quantitative estimate of drug-likeness (QED) is 0.819. The fourth-order valence-corrected chi connectivity index (χ4v) is 1.57. The van der Waals surface area contributed by atoms with Crippen LogP contribution in [0.2, 0.25) is 0 Å². The molecule has 0 spiro atoms. The Kier molecular flexibility index (Phi) is 8.06. The lowest BCUT2D eigenvalue weighted by atomic mass is 10.3. The summed E-state index contributed by atoms with van der Waals surface area (Å²) < 4.78 is 67.8. The first-order valence-corrected chi connectivity index (χ1v) is 7.75. The number of hydrogen-bond acceptors (Lipinski definition) is 8. The number of nitrogens with zero attached hydrogens (tertiary/aromatic N) is 4. The predicted molar refractivity (Wildman–Crippen MR) is 84.7 cm³/mol. The van der Waals surface area contributed by atoms with Gasteiger partial charge in [-0.25, -0.2) is 4.79 Å². The highest BCUT2D eigenvalue weighted by Crippen LogP contribution is 2.27. The molecule has 0 atom stereocenters. The van der Waals surface area contributed by atoms with E-state index in [0.717, 1.165) is 12.3 Å². The number of aromatic nitrogens is 3.